The molecule has 0 atom stereocenters. The van der Waals surface area contributed by atoms with Crippen molar-refractivity contribution in [1.29, 1.82) is 0 Å². The van der Waals surface area contributed by atoms with Crippen molar-refractivity contribution in [2.75, 3.05) is 5.32 Å². The van der Waals surface area contributed by atoms with Crippen LogP contribution in [-0.4, -0.2) is 16.1 Å². The van der Waals surface area contributed by atoms with Crippen molar-refractivity contribution in [3.05, 3.63) is 90.1 Å². The van der Waals surface area contributed by atoms with Crippen LogP contribution >= 0.6 is 0 Å². The van der Waals surface area contributed by atoms with E-state index in [4.69, 9.17) is 9.84 Å². The summed E-state index contributed by atoms with van der Waals surface area (Å²) in [4.78, 5) is 15.6. The lowest BCUT2D eigenvalue weighted by atomic mass is 10.1. The molecule has 1 aromatic heterocycles. The highest BCUT2D eigenvalue weighted by Gasteiger charge is 2.08. The molecule has 5 heteroatoms. The number of benzene rings is 3. The Kier molecular flexibility index (Phi) is 4.64. The molecule has 0 fully saturated rings. The Labute approximate surface area is 162 Å². The third kappa shape index (κ3) is 3.78. The molecule has 4 rings (SSSR count). The number of aryl methyl sites for hydroxylation is 1. The molecule has 0 aliphatic rings. The van der Waals surface area contributed by atoms with Gasteiger partial charge < -0.3 is 15.2 Å². The van der Waals surface area contributed by atoms with Crippen LogP contribution in [0, 0.1) is 6.92 Å². The number of aromatic nitrogens is 1. The summed E-state index contributed by atoms with van der Waals surface area (Å²) < 4.78 is 5.94. The van der Waals surface area contributed by atoms with Crippen LogP contribution in [0.1, 0.15) is 16.1 Å². The molecular formula is C23H18N2O3. The molecule has 3 aromatic carbocycles. The third-order valence-electron chi connectivity index (χ3n) is 4.30. The van der Waals surface area contributed by atoms with E-state index in [0.29, 0.717) is 5.75 Å². The van der Waals surface area contributed by atoms with Crippen LogP contribution in [0.2, 0.25) is 0 Å². The first-order valence-corrected chi connectivity index (χ1v) is 8.83. The van der Waals surface area contributed by atoms with E-state index >= 15 is 0 Å². The predicted octanol–water partition coefficient (Wildman–Crippen LogP) is 5.78. The van der Waals surface area contributed by atoms with E-state index in [9.17, 15) is 4.79 Å². The maximum atomic E-state index is 11.0. The number of para-hydroxylation sites is 1. The van der Waals surface area contributed by atoms with Gasteiger partial charge in [-0.1, -0.05) is 18.2 Å². The van der Waals surface area contributed by atoms with Gasteiger partial charge in [-0.2, -0.15) is 0 Å². The number of carboxylic acids is 1. The van der Waals surface area contributed by atoms with Gasteiger partial charge in [0.25, 0.3) is 0 Å². The topological polar surface area (TPSA) is 71.5 Å². The summed E-state index contributed by atoms with van der Waals surface area (Å²) in [6.07, 6.45) is 0. The lowest BCUT2D eigenvalue weighted by molar-refractivity contribution is 0.0697. The molecule has 0 radical (unpaired) electrons. The molecule has 0 saturated heterocycles. The molecule has 28 heavy (non-hydrogen) atoms. The minimum Gasteiger partial charge on any atom is -0.478 e. The zero-order valence-electron chi connectivity index (χ0n) is 15.2. The summed E-state index contributed by atoms with van der Waals surface area (Å²) in [5.74, 6) is 0.536. The fourth-order valence-electron chi connectivity index (χ4n) is 2.98. The molecule has 0 aliphatic heterocycles. The van der Waals surface area contributed by atoms with Crippen molar-refractivity contribution in [1.82, 2.24) is 4.98 Å². The molecule has 1 heterocycles. The highest BCUT2D eigenvalue weighted by Crippen LogP contribution is 2.31. The number of nitrogens with zero attached hydrogens (tertiary/aromatic N) is 1. The highest BCUT2D eigenvalue weighted by atomic mass is 16.5. The summed E-state index contributed by atoms with van der Waals surface area (Å²) in [6.45, 7) is 1.94. The van der Waals surface area contributed by atoms with Crippen LogP contribution in [0.3, 0.4) is 0 Å². The van der Waals surface area contributed by atoms with Gasteiger partial charge in [-0.25, -0.2) is 4.79 Å². The van der Waals surface area contributed by atoms with Crippen molar-refractivity contribution >= 4 is 28.2 Å². The van der Waals surface area contributed by atoms with Gasteiger partial charge in [0, 0.05) is 22.5 Å². The zero-order chi connectivity index (χ0) is 19.5. The normalized spacial score (nSPS) is 10.6. The van der Waals surface area contributed by atoms with E-state index in [2.05, 4.69) is 10.3 Å². The van der Waals surface area contributed by atoms with E-state index < -0.39 is 5.97 Å². The Morgan fingerprint density at radius 2 is 1.68 bits per heavy atom. The smallest absolute Gasteiger partial charge is 0.335 e. The van der Waals surface area contributed by atoms with Crippen LogP contribution in [0.5, 0.6) is 11.5 Å². The lowest BCUT2D eigenvalue weighted by Crippen LogP contribution is -1.98. The number of anilines is 2. The summed E-state index contributed by atoms with van der Waals surface area (Å²) in [6, 6.07) is 24.0. The van der Waals surface area contributed by atoms with Gasteiger partial charge >= 0.3 is 5.97 Å². The molecule has 0 spiro atoms. The molecule has 0 unspecified atom stereocenters. The van der Waals surface area contributed by atoms with Gasteiger partial charge in [0.2, 0.25) is 0 Å². The minimum absolute atomic E-state index is 0.250. The fourth-order valence-corrected chi connectivity index (χ4v) is 2.98. The van der Waals surface area contributed by atoms with Crippen molar-refractivity contribution in [2.24, 2.45) is 0 Å². The Bertz CT molecular complexity index is 1140. The summed E-state index contributed by atoms with van der Waals surface area (Å²) >= 11 is 0. The Morgan fingerprint density at radius 1 is 0.929 bits per heavy atom. The number of aromatic carboxylic acids is 1. The number of ether oxygens (including phenoxy) is 1. The molecule has 0 amide bonds. The Hall–Kier alpha value is -3.86. The quantitative estimate of drug-likeness (QED) is 0.466. The van der Waals surface area contributed by atoms with Gasteiger partial charge in [-0.05, 0) is 67.6 Å². The number of pyridine rings is 1. The maximum Gasteiger partial charge on any atom is 0.335 e. The van der Waals surface area contributed by atoms with Gasteiger partial charge in [-0.15, -0.1) is 0 Å². The van der Waals surface area contributed by atoms with Crippen molar-refractivity contribution < 1.29 is 14.6 Å². The van der Waals surface area contributed by atoms with Crippen LogP contribution < -0.4 is 10.1 Å². The van der Waals surface area contributed by atoms with Crippen LogP contribution in [0.15, 0.2) is 78.9 Å². The van der Waals surface area contributed by atoms with Crippen molar-refractivity contribution in [3.8, 4) is 11.5 Å². The number of hydrogen-bond donors (Lipinski definition) is 2. The van der Waals surface area contributed by atoms with Crippen LogP contribution in [0.4, 0.5) is 11.4 Å². The van der Waals surface area contributed by atoms with Gasteiger partial charge in [0.15, 0.2) is 0 Å². The highest BCUT2D eigenvalue weighted by molar-refractivity contribution is 5.94. The summed E-state index contributed by atoms with van der Waals surface area (Å²) in [5, 5.41) is 13.3. The van der Waals surface area contributed by atoms with Gasteiger partial charge in [0.05, 0.1) is 11.1 Å². The molecule has 2 N–H and O–H groups in total. The monoisotopic (exact) mass is 370 g/mol. The van der Waals surface area contributed by atoms with Crippen LogP contribution in [-0.2, 0) is 0 Å². The standard InChI is InChI=1S/C23H18N2O3/c1-15-13-22(25-17-9-7-16(8-10-17)23(26)27)20-14-19(11-12-21(20)24-15)28-18-5-3-2-4-6-18/h2-14H,1H3,(H,24,25)(H,26,27). The fraction of sp³-hybridized carbons (Fsp3) is 0.0435. The average molecular weight is 370 g/mol. The largest absolute Gasteiger partial charge is 0.478 e. The lowest BCUT2D eigenvalue weighted by Gasteiger charge is -2.13. The van der Waals surface area contributed by atoms with Gasteiger partial charge in [0.1, 0.15) is 11.5 Å². The number of carbonyl (C=O) groups is 1. The number of rotatable bonds is 5. The molecular weight excluding hydrogens is 352 g/mol. The number of carboxylic acid groups (broad SMARTS) is 1. The first-order chi connectivity index (χ1) is 13.6. The van der Waals surface area contributed by atoms with Crippen molar-refractivity contribution in [2.45, 2.75) is 6.92 Å². The molecule has 0 saturated carbocycles. The average Bonchev–Trinajstić information content (AvgIpc) is 2.69. The SMILES string of the molecule is Cc1cc(Nc2ccc(C(=O)O)cc2)c2cc(Oc3ccccc3)ccc2n1. The van der Waals surface area contributed by atoms with E-state index in [-0.39, 0.29) is 5.56 Å². The molecule has 5 nitrogen and oxygen atoms in total. The van der Waals surface area contributed by atoms with Crippen LogP contribution in [0.25, 0.3) is 10.9 Å². The molecule has 4 aromatic rings. The Balaban J connectivity index is 1.69. The second-order valence-electron chi connectivity index (χ2n) is 6.41. The number of nitrogens with one attached hydrogen (secondary N) is 1. The molecule has 138 valence electrons. The second-order valence-corrected chi connectivity index (χ2v) is 6.41. The first kappa shape index (κ1) is 17.5. The molecule has 0 bridgehead atoms. The summed E-state index contributed by atoms with van der Waals surface area (Å²) in [7, 11) is 0. The Morgan fingerprint density at radius 3 is 2.39 bits per heavy atom. The number of fused-ring (bicyclic) bond motifs is 1. The first-order valence-electron chi connectivity index (χ1n) is 8.83. The second kappa shape index (κ2) is 7.40. The minimum atomic E-state index is -0.945. The van der Waals surface area contributed by atoms with E-state index in [1.54, 1.807) is 24.3 Å². The summed E-state index contributed by atoms with van der Waals surface area (Å²) in [5.41, 5.74) is 3.66. The third-order valence-corrected chi connectivity index (χ3v) is 4.30. The maximum absolute atomic E-state index is 11.0. The van der Waals surface area contributed by atoms with Crippen molar-refractivity contribution in [3.63, 3.8) is 0 Å². The van der Waals surface area contributed by atoms with E-state index in [1.807, 2.05) is 61.5 Å². The molecule has 0 aliphatic carbocycles. The predicted molar refractivity (Wildman–Crippen MR) is 110 cm³/mol. The van der Waals surface area contributed by atoms with E-state index in [0.717, 1.165) is 33.7 Å². The van der Waals surface area contributed by atoms with E-state index in [1.165, 1.54) is 0 Å². The number of hydrogen-bond acceptors (Lipinski definition) is 4. The van der Waals surface area contributed by atoms with Gasteiger partial charge in [-0.3, -0.25) is 4.98 Å². The zero-order valence-corrected chi connectivity index (χ0v) is 15.2.